The number of carbonyl (C=O) groups excluding carboxylic acids is 1. The first-order valence-electron chi connectivity index (χ1n) is 10.2. The van der Waals surface area contributed by atoms with Crippen LogP contribution in [0.15, 0.2) is 40.6 Å². The maximum Gasteiger partial charge on any atom is 0.243 e. The predicted octanol–water partition coefficient (Wildman–Crippen LogP) is 2.85. The molecule has 4 rings (SSSR count). The number of thiophene rings is 1. The summed E-state index contributed by atoms with van der Waals surface area (Å²) in [5, 5.41) is 4.96. The number of amides is 1. The van der Waals surface area contributed by atoms with Crippen LogP contribution in [-0.2, 0) is 19.6 Å². The quantitative estimate of drug-likeness (QED) is 0.734. The number of nitrogens with zero attached hydrogens (tertiary/aromatic N) is 2. The van der Waals surface area contributed by atoms with E-state index in [4.69, 9.17) is 4.74 Å². The summed E-state index contributed by atoms with van der Waals surface area (Å²) in [6.07, 6.45) is 2.13. The standard InChI is InChI=1S/C21H27N3O4S2/c1-16-6-7-17(14-20(16)30(26,27)24-9-11-28-12-10-24)22-21(25)15-23-8-2-4-18(23)19-5-3-13-29-19/h3,5-7,13-14,18H,2,4,8-12,15H2,1H3,(H,22,25)/t18-/m0/s1. The van der Waals surface area contributed by atoms with Crippen molar-refractivity contribution in [1.29, 1.82) is 0 Å². The van der Waals surface area contributed by atoms with E-state index >= 15 is 0 Å². The highest BCUT2D eigenvalue weighted by molar-refractivity contribution is 7.89. The summed E-state index contributed by atoms with van der Waals surface area (Å²) in [6.45, 7) is 4.44. The Morgan fingerprint density at radius 2 is 2.03 bits per heavy atom. The number of morpholine rings is 1. The summed E-state index contributed by atoms with van der Waals surface area (Å²) in [4.78, 5) is 16.4. The second-order valence-corrected chi connectivity index (χ2v) is 10.6. The molecule has 3 heterocycles. The third-order valence-electron chi connectivity index (χ3n) is 5.64. The fraction of sp³-hybridized carbons (Fsp3) is 0.476. The van der Waals surface area contributed by atoms with Crippen molar-refractivity contribution in [2.45, 2.75) is 30.7 Å². The minimum Gasteiger partial charge on any atom is -0.379 e. The number of nitrogens with one attached hydrogen (secondary N) is 1. The van der Waals surface area contributed by atoms with Crippen molar-refractivity contribution in [3.8, 4) is 0 Å². The Morgan fingerprint density at radius 1 is 1.23 bits per heavy atom. The third-order valence-corrected chi connectivity index (χ3v) is 8.66. The zero-order chi connectivity index (χ0) is 21.1. The number of hydrogen-bond acceptors (Lipinski definition) is 6. The number of anilines is 1. The molecule has 2 aliphatic rings. The smallest absolute Gasteiger partial charge is 0.243 e. The van der Waals surface area contributed by atoms with Gasteiger partial charge >= 0.3 is 0 Å². The SMILES string of the molecule is Cc1ccc(NC(=O)CN2CCC[C@H]2c2cccs2)cc1S(=O)(=O)N1CCOCC1. The average Bonchev–Trinajstić information content (AvgIpc) is 3.41. The van der Waals surface area contributed by atoms with Crippen LogP contribution in [0.2, 0.25) is 0 Å². The molecule has 2 saturated heterocycles. The molecule has 2 aliphatic heterocycles. The molecule has 0 unspecified atom stereocenters. The van der Waals surface area contributed by atoms with Crippen LogP contribution in [0.3, 0.4) is 0 Å². The van der Waals surface area contributed by atoms with E-state index in [-0.39, 0.29) is 16.8 Å². The molecule has 9 heteroatoms. The lowest BCUT2D eigenvalue weighted by Crippen LogP contribution is -2.40. The van der Waals surface area contributed by atoms with Crippen LogP contribution in [0.4, 0.5) is 5.69 Å². The first-order chi connectivity index (χ1) is 14.4. The molecule has 30 heavy (non-hydrogen) atoms. The van der Waals surface area contributed by atoms with E-state index in [9.17, 15) is 13.2 Å². The van der Waals surface area contributed by atoms with Gasteiger partial charge < -0.3 is 10.1 Å². The van der Waals surface area contributed by atoms with Gasteiger partial charge in [0.05, 0.1) is 24.7 Å². The molecule has 2 fully saturated rings. The maximum absolute atomic E-state index is 13.0. The van der Waals surface area contributed by atoms with Crippen molar-refractivity contribution in [1.82, 2.24) is 9.21 Å². The summed E-state index contributed by atoms with van der Waals surface area (Å²) < 4.78 is 32.8. The fourth-order valence-electron chi connectivity index (χ4n) is 4.09. The summed E-state index contributed by atoms with van der Waals surface area (Å²) in [5.41, 5.74) is 1.17. The number of carbonyl (C=O) groups is 1. The number of rotatable bonds is 6. The molecule has 2 aromatic rings. The van der Waals surface area contributed by atoms with Crippen LogP contribution in [-0.4, -0.2) is 62.9 Å². The Labute approximate surface area is 181 Å². The molecule has 0 bridgehead atoms. The Balaban J connectivity index is 1.46. The molecule has 1 aromatic heterocycles. The second kappa shape index (κ2) is 9.15. The summed E-state index contributed by atoms with van der Waals surface area (Å²) >= 11 is 1.72. The number of ether oxygens (including phenoxy) is 1. The van der Waals surface area contributed by atoms with Crippen molar-refractivity contribution in [2.75, 3.05) is 44.7 Å². The van der Waals surface area contributed by atoms with Gasteiger partial charge in [-0.15, -0.1) is 11.3 Å². The lowest BCUT2D eigenvalue weighted by Gasteiger charge is -2.27. The van der Waals surface area contributed by atoms with Crippen LogP contribution in [0.1, 0.15) is 29.3 Å². The highest BCUT2D eigenvalue weighted by Gasteiger charge is 2.30. The van der Waals surface area contributed by atoms with Crippen molar-refractivity contribution in [3.63, 3.8) is 0 Å². The minimum absolute atomic E-state index is 0.128. The molecule has 1 N–H and O–H groups in total. The third kappa shape index (κ3) is 4.60. The van der Waals surface area contributed by atoms with E-state index in [1.165, 1.54) is 9.18 Å². The van der Waals surface area contributed by atoms with Gasteiger partial charge in [-0.1, -0.05) is 12.1 Å². The largest absolute Gasteiger partial charge is 0.379 e. The van der Waals surface area contributed by atoms with Gasteiger partial charge in [-0.2, -0.15) is 4.31 Å². The molecule has 1 aromatic carbocycles. The Morgan fingerprint density at radius 3 is 2.77 bits per heavy atom. The van der Waals surface area contributed by atoms with Crippen LogP contribution in [0.5, 0.6) is 0 Å². The van der Waals surface area contributed by atoms with E-state index in [1.54, 1.807) is 36.5 Å². The number of likely N-dealkylation sites (tertiary alicyclic amines) is 1. The fourth-order valence-corrected chi connectivity index (χ4v) is 6.64. The van der Waals surface area contributed by atoms with Crippen LogP contribution < -0.4 is 5.32 Å². The average molecular weight is 450 g/mol. The zero-order valence-corrected chi connectivity index (χ0v) is 18.7. The lowest BCUT2D eigenvalue weighted by atomic mass is 10.2. The number of benzene rings is 1. The summed E-state index contributed by atoms with van der Waals surface area (Å²) in [5.74, 6) is -0.128. The molecule has 0 aliphatic carbocycles. The summed E-state index contributed by atoms with van der Waals surface area (Å²) in [7, 11) is -3.62. The first-order valence-corrected chi connectivity index (χ1v) is 12.5. The Kier molecular flexibility index (Phi) is 6.54. The Hall–Kier alpha value is -1.78. The van der Waals surface area contributed by atoms with Gasteiger partial charge in [-0.05, 0) is 55.5 Å². The molecule has 1 amide bonds. The normalized spacial score (nSPS) is 21.0. The van der Waals surface area contributed by atoms with Crippen molar-refractivity contribution < 1.29 is 17.9 Å². The molecule has 0 radical (unpaired) electrons. The van der Waals surface area contributed by atoms with Gasteiger partial charge in [0.25, 0.3) is 0 Å². The van der Waals surface area contributed by atoms with Crippen LogP contribution in [0, 0.1) is 6.92 Å². The zero-order valence-electron chi connectivity index (χ0n) is 17.0. The van der Waals surface area contributed by atoms with Gasteiger partial charge in [-0.25, -0.2) is 8.42 Å². The molecule has 162 valence electrons. The molecular formula is C21H27N3O4S2. The second-order valence-electron chi connectivity index (χ2n) is 7.69. The molecule has 0 saturated carbocycles. The minimum atomic E-state index is -3.62. The highest BCUT2D eigenvalue weighted by Crippen LogP contribution is 2.34. The monoisotopic (exact) mass is 449 g/mol. The van der Waals surface area contributed by atoms with E-state index in [0.29, 0.717) is 44.1 Å². The van der Waals surface area contributed by atoms with Gasteiger partial charge in [0.1, 0.15) is 0 Å². The lowest BCUT2D eigenvalue weighted by molar-refractivity contribution is -0.117. The topological polar surface area (TPSA) is 79.0 Å². The van der Waals surface area contributed by atoms with Gasteiger partial charge in [0.15, 0.2) is 0 Å². The predicted molar refractivity (Wildman–Crippen MR) is 117 cm³/mol. The maximum atomic E-state index is 13.0. The number of aryl methyl sites for hydroxylation is 1. The van der Waals surface area contributed by atoms with Gasteiger partial charge in [0.2, 0.25) is 15.9 Å². The molecule has 1 atom stereocenters. The van der Waals surface area contributed by atoms with E-state index in [1.807, 2.05) is 6.07 Å². The highest BCUT2D eigenvalue weighted by atomic mass is 32.2. The van der Waals surface area contributed by atoms with Crippen molar-refractivity contribution >= 4 is 33.0 Å². The first kappa shape index (κ1) is 21.5. The summed E-state index contributed by atoms with van der Waals surface area (Å²) in [6, 6.07) is 9.51. The van der Waals surface area contributed by atoms with Crippen molar-refractivity contribution in [2.24, 2.45) is 0 Å². The van der Waals surface area contributed by atoms with E-state index in [0.717, 1.165) is 19.4 Å². The van der Waals surface area contributed by atoms with Crippen LogP contribution in [0.25, 0.3) is 0 Å². The molecule has 0 spiro atoms. The Bertz CT molecular complexity index is 986. The van der Waals surface area contributed by atoms with Crippen LogP contribution >= 0.6 is 11.3 Å². The molecular weight excluding hydrogens is 422 g/mol. The van der Waals surface area contributed by atoms with E-state index < -0.39 is 10.0 Å². The number of hydrogen-bond donors (Lipinski definition) is 1. The number of sulfonamides is 1. The van der Waals surface area contributed by atoms with E-state index in [2.05, 4.69) is 21.7 Å². The van der Waals surface area contributed by atoms with Crippen molar-refractivity contribution in [3.05, 3.63) is 46.2 Å². The van der Waals surface area contributed by atoms with Gasteiger partial charge in [0, 0.05) is 29.7 Å². The van der Waals surface area contributed by atoms with Gasteiger partial charge in [-0.3, -0.25) is 9.69 Å². The molecule has 7 nitrogen and oxygen atoms in total.